The quantitative estimate of drug-likeness (QED) is 0.788. The van der Waals surface area contributed by atoms with E-state index < -0.39 is 0 Å². The minimum atomic E-state index is -0.197. The second-order valence-corrected chi connectivity index (χ2v) is 5.59. The zero-order valence-electron chi connectivity index (χ0n) is 10.5. The maximum absolute atomic E-state index is 12.3. The lowest BCUT2D eigenvalue weighted by atomic mass is 9.93. The summed E-state index contributed by atoms with van der Waals surface area (Å²) in [7, 11) is 1.61. The highest BCUT2D eigenvalue weighted by molar-refractivity contribution is 9.10. The van der Waals surface area contributed by atoms with Gasteiger partial charge in [0.15, 0.2) is 5.78 Å². The van der Waals surface area contributed by atoms with Gasteiger partial charge >= 0.3 is 0 Å². The largest absolute Gasteiger partial charge is 0.497 e. The fourth-order valence-corrected chi connectivity index (χ4v) is 3.45. The number of Topliss-reactive ketones (excluding diaryl/α,β-unsaturated/α-hetero) is 1. The summed E-state index contributed by atoms with van der Waals surface area (Å²) >= 11 is 3.54. The molecule has 2 atom stereocenters. The van der Waals surface area contributed by atoms with Crippen LogP contribution < -0.4 is 4.74 Å². The number of halogens is 1. The van der Waals surface area contributed by atoms with Crippen molar-refractivity contribution in [3.63, 3.8) is 0 Å². The van der Waals surface area contributed by atoms with Crippen LogP contribution in [0.1, 0.15) is 27.4 Å². The molecular weight excluding hydrogens is 304 g/mol. The topological polar surface area (TPSA) is 26.3 Å². The lowest BCUT2D eigenvalue weighted by Crippen LogP contribution is -2.13. The first-order valence-electron chi connectivity index (χ1n) is 6.13. The molecule has 19 heavy (non-hydrogen) atoms. The highest BCUT2D eigenvalue weighted by Crippen LogP contribution is 2.43. The number of carbonyl (C=O) groups excluding carboxylic acids is 1. The van der Waals surface area contributed by atoms with Crippen LogP contribution in [-0.2, 0) is 0 Å². The van der Waals surface area contributed by atoms with E-state index in [1.54, 1.807) is 7.11 Å². The summed E-state index contributed by atoms with van der Waals surface area (Å²) in [5.74, 6) is 0.929. The van der Waals surface area contributed by atoms with Crippen molar-refractivity contribution in [1.82, 2.24) is 0 Å². The molecule has 0 amide bonds. The van der Waals surface area contributed by atoms with Crippen LogP contribution in [-0.4, -0.2) is 17.7 Å². The number of hydrogen-bond donors (Lipinski definition) is 0. The molecule has 0 saturated heterocycles. The third-order valence-corrected chi connectivity index (χ3v) is 4.51. The summed E-state index contributed by atoms with van der Waals surface area (Å²) in [5, 5.41) is 0. The number of methoxy groups -OCH3 is 1. The van der Waals surface area contributed by atoms with Gasteiger partial charge in [0.25, 0.3) is 0 Å². The van der Waals surface area contributed by atoms with Gasteiger partial charge in [-0.3, -0.25) is 4.79 Å². The maximum Gasteiger partial charge on any atom is 0.177 e. The summed E-state index contributed by atoms with van der Waals surface area (Å²) in [4.78, 5) is 12.1. The van der Waals surface area contributed by atoms with E-state index in [1.165, 1.54) is 0 Å². The lowest BCUT2D eigenvalue weighted by Gasteiger charge is -2.15. The van der Waals surface area contributed by atoms with E-state index >= 15 is 0 Å². The van der Waals surface area contributed by atoms with Crippen LogP contribution >= 0.6 is 15.9 Å². The van der Waals surface area contributed by atoms with E-state index in [0.29, 0.717) is 0 Å². The van der Waals surface area contributed by atoms with Gasteiger partial charge < -0.3 is 4.74 Å². The molecular formula is C16H13BrO2. The van der Waals surface area contributed by atoms with Crippen LogP contribution in [0, 0.1) is 0 Å². The Kier molecular flexibility index (Phi) is 3.15. The molecule has 96 valence electrons. The fourth-order valence-electron chi connectivity index (χ4n) is 2.61. The molecule has 0 spiro atoms. The van der Waals surface area contributed by atoms with Gasteiger partial charge in [-0.2, -0.15) is 0 Å². The summed E-state index contributed by atoms with van der Waals surface area (Å²) in [6.45, 7) is 0. The molecule has 0 fully saturated rings. The minimum Gasteiger partial charge on any atom is -0.497 e. The van der Waals surface area contributed by atoms with Crippen molar-refractivity contribution in [3.05, 3.63) is 65.2 Å². The van der Waals surface area contributed by atoms with Crippen LogP contribution in [0.2, 0.25) is 0 Å². The Bertz CT molecular complexity index is 622. The third-order valence-electron chi connectivity index (χ3n) is 3.56. The summed E-state index contributed by atoms with van der Waals surface area (Å²) in [6.07, 6.45) is 0. The smallest absolute Gasteiger partial charge is 0.177 e. The van der Waals surface area contributed by atoms with Crippen molar-refractivity contribution in [1.29, 1.82) is 0 Å². The second kappa shape index (κ2) is 4.82. The molecule has 1 aliphatic rings. The number of benzene rings is 2. The van der Waals surface area contributed by atoms with E-state index in [2.05, 4.69) is 28.1 Å². The average molecular weight is 317 g/mol. The Labute approximate surface area is 120 Å². The molecule has 2 aromatic carbocycles. The number of ether oxygens (including phenoxy) is 1. The number of rotatable bonds is 2. The molecule has 0 bridgehead atoms. The first-order valence-corrected chi connectivity index (χ1v) is 7.05. The number of fused-ring (bicyclic) bond motifs is 1. The van der Waals surface area contributed by atoms with Crippen molar-refractivity contribution in [2.45, 2.75) is 10.7 Å². The van der Waals surface area contributed by atoms with Gasteiger partial charge in [0, 0.05) is 11.5 Å². The Balaban J connectivity index is 2.13. The van der Waals surface area contributed by atoms with Gasteiger partial charge in [-0.15, -0.1) is 0 Å². The zero-order valence-corrected chi connectivity index (χ0v) is 12.1. The molecule has 0 radical (unpaired) electrons. The number of ketones is 1. The molecule has 2 aromatic rings. The van der Waals surface area contributed by atoms with Gasteiger partial charge in [-0.25, -0.2) is 0 Å². The van der Waals surface area contributed by atoms with Gasteiger partial charge in [-0.1, -0.05) is 52.3 Å². The first-order chi connectivity index (χ1) is 9.22. The number of carbonyl (C=O) groups is 1. The van der Waals surface area contributed by atoms with Crippen molar-refractivity contribution in [2.75, 3.05) is 7.11 Å². The van der Waals surface area contributed by atoms with Gasteiger partial charge in [-0.05, 0) is 23.3 Å². The molecule has 3 rings (SSSR count). The van der Waals surface area contributed by atoms with Crippen molar-refractivity contribution in [2.24, 2.45) is 0 Å². The summed E-state index contributed by atoms with van der Waals surface area (Å²) in [5.41, 5.74) is 2.98. The summed E-state index contributed by atoms with van der Waals surface area (Å²) < 4.78 is 5.20. The number of alkyl halides is 1. The van der Waals surface area contributed by atoms with Crippen LogP contribution in [0.15, 0.2) is 48.5 Å². The molecule has 0 N–H and O–H groups in total. The molecule has 2 nitrogen and oxygen atoms in total. The molecule has 0 heterocycles. The molecule has 0 saturated carbocycles. The van der Waals surface area contributed by atoms with E-state index in [9.17, 15) is 4.79 Å². The predicted molar refractivity (Wildman–Crippen MR) is 78.3 cm³/mol. The Morgan fingerprint density at radius 2 is 1.84 bits per heavy atom. The highest BCUT2D eigenvalue weighted by atomic mass is 79.9. The molecule has 3 heteroatoms. The minimum absolute atomic E-state index is 0.0783. The summed E-state index contributed by atoms with van der Waals surface area (Å²) in [6, 6.07) is 15.8. The monoisotopic (exact) mass is 316 g/mol. The Morgan fingerprint density at radius 3 is 2.53 bits per heavy atom. The molecule has 0 aliphatic heterocycles. The molecule has 1 aliphatic carbocycles. The number of hydrogen-bond acceptors (Lipinski definition) is 2. The van der Waals surface area contributed by atoms with Crippen LogP contribution in [0.3, 0.4) is 0 Å². The SMILES string of the molecule is COc1ccc2c(c1)C(=O)C(Br)C2c1ccccc1. The maximum atomic E-state index is 12.3. The van der Waals surface area contributed by atoms with Crippen LogP contribution in [0.4, 0.5) is 0 Å². The molecule has 0 aromatic heterocycles. The van der Waals surface area contributed by atoms with E-state index in [0.717, 1.165) is 22.4 Å². The normalized spacial score (nSPS) is 21.3. The highest BCUT2D eigenvalue weighted by Gasteiger charge is 2.39. The van der Waals surface area contributed by atoms with E-state index in [-0.39, 0.29) is 16.5 Å². The molecule has 2 unspecified atom stereocenters. The van der Waals surface area contributed by atoms with Crippen molar-refractivity contribution < 1.29 is 9.53 Å². The van der Waals surface area contributed by atoms with Gasteiger partial charge in [0.05, 0.1) is 11.9 Å². The van der Waals surface area contributed by atoms with E-state index in [4.69, 9.17) is 4.74 Å². The third kappa shape index (κ3) is 1.98. The Morgan fingerprint density at radius 1 is 1.11 bits per heavy atom. The van der Waals surface area contributed by atoms with Gasteiger partial charge in [0.1, 0.15) is 5.75 Å². The fraction of sp³-hybridized carbons (Fsp3) is 0.188. The van der Waals surface area contributed by atoms with Crippen LogP contribution in [0.25, 0.3) is 0 Å². The second-order valence-electron chi connectivity index (χ2n) is 4.61. The van der Waals surface area contributed by atoms with Crippen molar-refractivity contribution >= 4 is 21.7 Å². The van der Waals surface area contributed by atoms with E-state index in [1.807, 2.05) is 36.4 Å². The van der Waals surface area contributed by atoms with Crippen molar-refractivity contribution in [3.8, 4) is 5.75 Å². The van der Waals surface area contributed by atoms with Gasteiger partial charge in [0.2, 0.25) is 0 Å². The zero-order chi connectivity index (χ0) is 13.4. The van der Waals surface area contributed by atoms with Crippen LogP contribution in [0.5, 0.6) is 5.75 Å². The standard InChI is InChI=1S/C16H13BrO2/c1-19-11-7-8-12-13(9-11)16(18)15(17)14(12)10-5-3-2-4-6-10/h2-9,14-15H,1H3. The Hall–Kier alpha value is -1.61. The first kappa shape index (κ1) is 12.4. The lowest BCUT2D eigenvalue weighted by molar-refractivity contribution is 0.0999. The predicted octanol–water partition coefficient (Wildman–Crippen LogP) is 3.79. The average Bonchev–Trinajstić information content (AvgIpc) is 2.71.